The lowest BCUT2D eigenvalue weighted by Crippen LogP contribution is -2.39. The van der Waals surface area contributed by atoms with E-state index in [-0.39, 0.29) is 29.9 Å². The number of carbonyl (C=O) groups excluding carboxylic acids is 1. The van der Waals surface area contributed by atoms with Crippen molar-refractivity contribution in [2.24, 2.45) is 0 Å². The molecule has 28 heavy (non-hydrogen) atoms. The van der Waals surface area contributed by atoms with Gasteiger partial charge in [0.05, 0.1) is 5.69 Å². The fourth-order valence-electron chi connectivity index (χ4n) is 2.85. The van der Waals surface area contributed by atoms with Crippen molar-refractivity contribution in [2.75, 3.05) is 24.2 Å². The van der Waals surface area contributed by atoms with Crippen LogP contribution in [0.2, 0.25) is 0 Å². The normalized spacial score (nSPS) is 16.6. The van der Waals surface area contributed by atoms with E-state index in [0.29, 0.717) is 35.5 Å². The van der Waals surface area contributed by atoms with Crippen molar-refractivity contribution >= 4 is 40.7 Å². The summed E-state index contributed by atoms with van der Waals surface area (Å²) in [5.74, 6) is -3.91. The quantitative estimate of drug-likeness (QED) is 0.492. The lowest BCUT2D eigenvalue weighted by molar-refractivity contribution is -0.128. The molecule has 3 rings (SSSR count). The van der Waals surface area contributed by atoms with Crippen molar-refractivity contribution in [2.45, 2.75) is 23.2 Å². The van der Waals surface area contributed by atoms with Gasteiger partial charge in [-0.1, -0.05) is 11.8 Å². The summed E-state index contributed by atoms with van der Waals surface area (Å²) in [6, 6.07) is 1.03. The van der Waals surface area contributed by atoms with E-state index in [1.165, 1.54) is 28.5 Å². The number of hydrogen-bond acceptors (Lipinski definition) is 6. The van der Waals surface area contributed by atoms with E-state index >= 15 is 0 Å². The Morgan fingerprint density at radius 2 is 2.07 bits per heavy atom. The number of benzene rings is 1. The van der Waals surface area contributed by atoms with Crippen molar-refractivity contribution in [3.05, 3.63) is 40.7 Å². The molecule has 1 fully saturated rings. The Bertz CT molecular complexity index is 894. The fraction of sp³-hybridized carbons (Fsp3) is 0.353. The van der Waals surface area contributed by atoms with Crippen LogP contribution in [-0.2, 0) is 4.79 Å². The zero-order valence-corrected chi connectivity index (χ0v) is 16.1. The summed E-state index contributed by atoms with van der Waals surface area (Å²) < 4.78 is 40.6. The number of aromatic carboxylic acids is 1. The summed E-state index contributed by atoms with van der Waals surface area (Å²) >= 11 is 2.57. The molecule has 1 unspecified atom stereocenters. The minimum absolute atomic E-state index is 0.0135. The van der Waals surface area contributed by atoms with Gasteiger partial charge < -0.3 is 15.3 Å². The van der Waals surface area contributed by atoms with Crippen LogP contribution in [0, 0.1) is 17.5 Å². The predicted octanol–water partition coefficient (Wildman–Crippen LogP) is 3.45. The summed E-state index contributed by atoms with van der Waals surface area (Å²) in [6.45, 7) is 0.622. The highest BCUT2D eigenvalue weighted by Gasteiger charge is 2.30. The number of halogens is 3. The van der Waals surface area contributed by atoms with E-state index in [9.17, 15) is 22.8 Å². The molecule has 1 aliphatic rings. The first-order valence-corrected chi connectivity index (χ1v) is 10.2. The van der Waals surface area contributed by atoms with Crippen LogP contribution in [0.15, 0.2) is 21.9 Å². The molecular formula is C17H16F3N3O3S2. The average Bonchev–Trinajstić information content (AvgIpc) is 3.25. The summed E-state index contributed by atoms with van der Waals surface area (Å²) in [5, 5.41) is 13.1. The summed E-state index contributed by atoms with van der Waals surface area (Å²) in [4.78, 5) is 28.6. The summed E-state index contributed by atoms with van der Waals surface area (Å²) in [5.41, 5.74) is -0.169. The number of nitrogens with one attached hydrogen (secondary N) is 1. The Hall–Kier alpha value is -2.27. The Balaban J connectivity index is 1.54. The number of anilines is 1. The van der Waals surface area contributed by atoms with Crippen LogP contribution in [0.5, 0.6) is 0 Å². The van der Waals surface area contributed by atoms with Gasteiger partial charge in [-0.15, -0.1) is 11.3 Å². The number of carbonyl (C=O) groups is 2. The van der Waals surface area contributed by atoms with Crippen LogP contribution < -0.4 is 5.32 Å². The lowest BCUT2D eigenvalue weighted by Gasteiger charge is -2.25. The fourth-order valence-corrected chi connectivity index (χ4v) is 4.66. The van der Waals surface area contributed by atoms with Crippen LogP contribution in [-0.4, -0.2) is 51.8 Å². The Labute approximate surface area is 166 Å². The van der Waals surface area contributed by atoms with E-state index in [0.717, 1.165) is 6.07 Å². The highest BCUT2D eigenvalue weighted by molar-refractivity contribution is 8.01. The standard InChI is InChI=1S/C17H16F3N3O3S2/c18-10-5-12(20)13(6-11(10)19)21-7-9-1-2-15(24)23(9)3-4-27-17-22-14(8-28-17)16(25)26/h5-6,8-9,21H,1-4,7H2,(H,25,26). The van der Waals surface area contributed by atoms with Crippen LogP contribution in [0.1, 0.15) is 23.3 Å². The van der Waals surface area contributed by atoms with Gasteiger partial charge in [-0.3, -0.25) is 4.79 Å². The number of aromatic nitrogens is 1. The number of rotatable bonds is 8. The zero-order chi connectivity index (χ0) is 20.3. The third kappa shape index (κ3) is 4.76. The molecule has 6 nitrogen and oxygen atoms in total. The molecule has 150 valence electrons. The molecule has 1 saturated heterocycles. The van der Waals surface area contributed by atoms with E-state index in [1.54, 1.807) is 4.90 Å². The maximum absolute atomic E-state index is 13.7. The Kier molecular flexibility index (Phi) is 6.45. The third-order valence-electron chi connectivity index (χ3n) is 4.25. The molecule has 2 N–H and O–H groups in total. The van der Waals surface area contributed by atoms with E-state index in [2.05, 4.69) is 10.3 Å². The number of nitrogens with zero attached hydrogens (tertiary/aromatic N) is 2. The monoisotopic (exact) mass is 431 g/mol. The van der Waals surface area contributed by atoms with Gasteiger partial charge in [-0.2, -0.15) is 0 Å². The van der Waals surface area contributed by atoms with Crippen LogP contribution in [0.25, 0.3) is 0 Å². The second-order valence-corrected chi connectivity index (χ2v) is 8.26. The second-order valence-electron chi connectivity index (χ2n) is 6.06. The molecule has 1 aromatic carbocycles. The van der Waals surface area contributed by atoms with Gasteiger partial charge in [0.15, 0.2) is 21.7 Å². The van der Waals surface area contributed by atoms with Crippen molar-refractivity contribution < 1.29 is 27.9 Å². The minimum atomic E-state index is -1.26. The van der Waals surface area contributed by atoms with Crippen LogP contribution in [0.3, 0.4) is 0 Å². The third-order valence-corrected chi connectivity index (χ3v) is 6.25. The summed E-state index contributed by atoms with van der Waals surface area (Å²) in [7, 11) is 0. The number of thiazole rings is 1. The highest BCUT2D eigenvalue weighted by Crippen LogP contribution is 2.26. The first-order valence-electron chi connectivity index (χ1n) is 8.34. The largest absolute Gasteiger partial charge is 0.476 e. The Morgan fingerprint density at radius 3 is 2.79 bits per heavy atom. The smallest absolute Gasteiger partial charge is 0.355 e. The lowest BCUT2D eigenvalue weighted by atomic mass is 10.2. The maximum Gasteiger partial charge on any atom is 0.355 e. The molecular weight excluding hydrogens is 415 g/mol. The van der Waals surface area contributed by atoms with E-state index in [4.69, 9.17) is 5.11 Å². The molecule has 0 radical (unpaired) electrons. The molecule has 11 heteroatoms. The molecule has 2 heterocycles. The topological polar surface area (TPSA) is 82.5 Å². The van der Waals surface area contributed by atoms with Gasteiger partial charge in [0.2, 0.25) is 5.91 Å². The molecule has 1 aromatic heterocycles. The van der Waals surface area contributed by atoms with Crippen molar-refractivity contribution in [1.82, 2.24) is 9.88 Å². The minimum Gasteiger partial charge on any atom is -0.476 e. The molecule has 1 aliphatic heterocycles. The van der Waals surface area contributed by atoms with E-state index in [1.807, 2.05) is 0 Å². The number of thioether (sulfide) groups is 1. The first kappa shape index (κ1) is 20.5. The molecule has 0 aliphatic carbocycles. The second kappa shape index (κ2) is 8.82. The van der Waals surface area contributed by atoms with E-state index < -0.39 is 23.4 Å². The van der Waals surface area contributed by atoms with Gasteiger partial charge in [0.25, 0.3) is 0 Å². The first-order chi connectivity index (χ1) is 13.3. The summed E-state index contributed by atoms with van der Waals surface area (Å²) in [6.07, 6.45) is 0.930. The predicted molar refractivity (Wildman–Crippen MR) is 99.3 cm³/mol. The van der Waals surface area contributed by atoms with Crippen molar-refractivity contribution in [3.8, 4) is 0 Å². The number of hydrogen-bond donors (Lipinski definition) is 2. The molecule has 1 atom stereocenters. The molecule has 0 spiro atoms. The molecule has 1 amide bonds. The van der Waals surface area contributed by atoms with Gasteiger partial charge in [0.1, 0.15) is 5.82 Å². The number of amides is 1. The average molecular weight is 431 g/mol. The SMILES string of the molecule is O=C(O)c1csc(SCCN2C(=O)CCC2CNc2cc(F)c(F)cc2F)n1. The maximum atomic E-state index is 13.7. The number of carboxylic acids is 1. The van der Waals surface area contributed by atoms with Gasteiger partial charge in [-0.25, -0.2) is 22.9 Å². The molecule has 0 bridgehead atoms. The molecule has 0 saturated carbocycles. The zero-order valence-electron chi connectivity index (χ0n) is 14.5. The highest BCUT2D eigenvalue weighted by atomic mass is 32.2. The van der Waals surface area contributed by atoms with Gasteiger partial charge in [0, 0.05) is 48.8 Å². The van der Waals surface area contributed by atoms with Crippen LogP contribution >= 0.6 is 23.1 Å². The van der Waals surface area contributed by atoms with Crippen molar-refractivity contribution in [3.63, 3.8) is 0 Å². The van der Waals surface area contributed by atoms with Crippen molar-refractivity contribution in [1.29, 1.82) is 0 Å². The van der Waals surface area contributed by atoms with Gasteiger partial charge in [-0.05, 0) is 6.42 Å². The molecule has 2 aromatic rings. The number of likely N-dealkylation sites (tertiary alicyclic amines) is 1. The number of carboxylic acid groups (broad SMARTS) is 1. The van der Waals surface area contributed by atoms with Gasteiger partial charge >= 0.3 is 5.97 Å². The van der Waals surface area contributed by atoms with Crippen LogP contribution in [0.4, 0.5) is 18.9 Å². The Morgan fingerprint density at radius 1 is 1.32 bits per heavy atom.